The van der Waals surface area contributed by atoms with Crippen LogP contribution in [0.3, 0.4) is 0 Å². The summed E-state index contributed by atoms with van der Waals surface area (Å²) in [5.41, 5.74) is 0.877. The van der Waals surface area contributed by atoms with Crippen molar-refractivity contribution in [3.63, 3.8) is 0 Å². The Bertz CT molecular complexity index is 492. The van der Waals surface area contributed by atoms with Gasteiger partial charge in [-0.2, -0.15) is 0 Å². The van der Waals surface area contributed by atoms with Gasteiger partial charge < -0.3 is 4.90 Å². The van der Waals surface area contributed by atoms with E-state index < -0.39 is 0 Å². The first-order chi connectivity index (χ1) is 10.2. The molecule has 0 aliphatic heterocycles. The summed E-state index contributed by atoms with van der Waals surface area (Å²) >= 11 is 0. The Balaban J connectivity index is 1.56. The van der Waals surface area contributed by atoms with E-state index in [0.29, 0.717) is 18.4 Å². The molecule has 2 saturated carbocycles. The molecule has 0 bridgehead atoms. The Kier molecular flexibility index (Phi) is 4.27. The van der Waals surface area contributed by atoms with Crippen molar-refractivity contribution >= 4 is 5.91 Å². The van der Waals surface area contributed by atoms with E-state index >= 15 is 0 Å². The van der Waals surface area contributed by atoms with Gasteiger partial charge in [0, 0.05) is 25.7 Å². The van der Waals surface area contributed by atoms with E-state index in [1.807, 2.05) is 25.1 Å². The predicted octanol–water partition coefficient (Wildman–Crippen LogP) is 2.38. The van der Waals surface area contributed by atoms with Crippen LogP contribution >= 0.6 is 0 Å². The maximum Gasteiger partial charge on any atom is 0.226 e. The standard InChI is InChI=1S/C16H26N4O/c1-3-20(11-13-10-19(2)18-17-13)16(21)15-9-14(15)12-7-5-4-6-8-12/h10,12,14-15H,3-9,11H2,1-2H3. The zero-order valence-electron chi connectivity index (χ0n) is 13.2. The van der Waals surface area contributed by atoms with Crippen molar-refractivity contribution in [2.45, 2.75) is 52.0 Å². The van der Waals surface area contributed by atoms with E-state index in [1.54, 1.807) is 4.68 Å². The first-order valence-corrected chi connectivity index (χ1v) is 8.33. The van der Waals surface area contributed by atoms with Crippen molar-refractivity contribution in [2.75, 3.05) is 6.54 Å². The van der Waals surface area contributed by atoms with Crippen LogP contribution in [0, 0.1) is 17.8 Å². The third-order valence-electron chi connectivity index (χ3n) is 5.11. The minimum Gasteiger partial charge on any atom is -0.337 e. The summed E-state index contributed by atoms with van der Waals surface area (Å²) in [4.78, 5) is 14.6. The number of aromatic nitrogens is 3. The molecule has 2 aliphatic rings. The van der Waals surface area contributed by atoms with Crippen LogP contribution < -0.4 is 0 Å². The summed E-state index contributed by atoms with van der Waals surface area (Å²) in [5.74, 6) is 2.08. The monoisotopic (exact) mass is 290 g/mol. The summed E-state index contributed by atoms with van der Waals surface area (Å²) in [5, 5.41) is 8.03. The molecule has 1 aromatic heterocycles. The van der Waals surface area contributed by atoms with Crippen molar-refractivity contribution in [3.05, 3.63) is 11.9 Å². The van der Waals surface area contributed by atoms with E-state index in [-0.39, 0.29) is 5.92 Å². The Morgan fingerprint density at radius 1 is 1.38 bits per heavy atom. The fourth-order valence-corrected chi connectivity index (χ4v) is 3.83. The number of hydrogen-bond acceptors (Lipinski definition) is 3. The Hall–Kier alpha value is -1.39. The predicted molar refractivity (Wildman–Crippen MR) is 80.3 cm³/mol. The van der Waals surface area contributed by atoms with Gasteiger partial charge in [-0.3, -0.25) is 9.48 Å². The van der Waals surface area contributed by atoms with Crippen LogP contribution in [0.5, 0.6) is 0 Å². The van der Waals surface area contributed by atoms with Crippen LogP contribution in [0.1, 0.15) is 51.1 Å². The second-order valence-electron chi connectivity index (χ2n) is 6.64. The highest BCUT2D eigenvalue weighted by Gasteiger charge is 2.48. The molecule has 0 saturated heterocycles. The largest absolute Gasteiger partial charge is 0.337 e. The summed E-state index contributed by atoms with van der Waals surface area (Å²) in [6.45, 7) is 3.40. The molecule has 2 aliphatic carbocycles. The molecule has 0 radical (unpaired) electrons. The van der Waals surface area contributed by atoms with Crippen LogP contribution in [0.2, 0.25) is 0 Å². The third kappa shape index (κ3) is 3.27. The van der Waals surface area contributed by atoms with E-state index in [9.17, 15) is 4.79 Å². The highest BCUT2D eigenvalue weighted by atomic mass is 16.2. The van der Waals surface area contributed by atoms with Crippen molar-refractivity contribution in [2.24, 2.45) is 24.8 Å². The van der Waals surface area contributed by atoms with Gasteiger partial charge in [0.25, 0.3) is 0 Å². The van der Waals surface area contributed by atoms with Crippen molar-refractivity contribution in [1.82, 2.24) is 19.9 Å². The normalized spacial score (nSPS) is 25.8. The average molecular weight is 290 g/mol. The molecule has 1 heterocycles. The molecule has 0 spiro atoms. The molecule has 0 aromatic carbocycles. The summed E-state index contributed by atoms with van der Waals surface area (Å²) < 4.78 is 1.69. The average Bonchev–Trinajstić information content (AvgIpc) is 3.21. The van der Waals surface area contributed by atoms with Gasteiger partial charge in [-0.05, 0) is 25.2 Å². The zero-order valence-corrected chi connectivity index (χ0v) is 13.2. The maximum absolute atomic E-state index is 12.7. The molecule has 1 amide bonds. The number of aryl methyl sites for hydroxylation is 1. The lowest BCUT2D eigenvalue weighted by Crippen LogP contribution is -2.32. The van der Waals surface area contributed by atoms with Gasteiger partial charge >= 0.3 is 0 Å². The lowest BCUT2D eigenvalue weighted by Gasteiger charge is -2.23. The van der Waals surface area contributed by atoms with Crippen LogP contribution in [0.4, 0.5) is 0 Å². The van der Waals surface area contributed by atoms with E-state index in [0.717, 1.165) is 24.6 Å². The molecule has 2 fully saturated rings. The minimum atomic E-state index is 0.282. The quantitative estimate of drug-likeness (QED) is 0.836. The smallest absolute Gasteiger partial charge is 0.226 e. The van der Waals surface area contributed by atoms with Crippen molar-refractivity contribution in [3.8, 4) is 0 Å². The number of rotatable bonds is 5. The topological polar surface area (TPSA) is 51.0 Å². The number of nitrogens with zero attached hydrogens (tertiary/aromatic N) is 4. The third-order valence-corrected chi connectivity index (χ3v) is 5.11. The Morgan fingerprint density at radius 2 is 2.14 bits per heavy atom. The van der Waals surface area contributed by atoms with Crippen LogP contribution in [0.15, 0.2) is 6.20 Å². The molecule has 3 rings (SSSR count). The Labute approximate surface area is 126 Å². The maximum atomic E-state index is 12.7. The van der Waals surface area contributed by atoms with Gasteiger partial charge in [0.2, 0.25) is 5.91 Å². The summed E-state index contributed by atoms with van der Waals surface area (Å²) in [6.07, 6.45) is 9.78. The molecule has 5 heteroatoms. The number of hydrogen-bond donors (Lipinski definition) is 0. The fraction of sp³-hybridized carbons (Fsp3) is 0.812. The highest BCUT2D eigenvalue weighted by molar-refractivity contribution is 5.81. The second kappa shape index (κ2) is 6.16. The van der Waals surface area contributed by atoms with Gasteiger partial charge in [-0.25, -0.2) is 0 Å². The van der Waals surface area contributed by atoms with Crippen molar-refractivity contribution < 1.29 is 4.79 Å². The number of carbonyl (C=O) groups excluding carboxylic acids is 1. The number of carbonyl (C=O) groups is 1. The molecular formula is C16H26N4O. The molecule has 2 unspecified atom stereocenters. The first-order valence-electron chi connectivity index (χ1n) is 8.33. The van der Waals surface area contributed by atoms with Gasteiger partial charge in [0.1, 0.15) is 5.69 Å². The fourth-order valence-electron chi connectivity index (χ4n) is 3.83. The molecule has 0 N–H and O–H groups in total. The summed E-state index contributed by atoms with van der Waals surface area (Å²) in [6, 6.07) is 0. The van der Waals surface area contributed by atoms with Crippen LogP contribution in [-0.4, -0.2) is 32.3 Å². The molecule has 5 nitrogen and oxygen atoms in total. The van der Waals surface area contributed by atoms with E-state index in [4.69, 9.17) is 0 Å². The number of amides is 1. The van der Waals surface area contributed by atoms with Crippen LogP contribution in [0.25, 0.3) is 0 Å². The lowest BCUT2D eigenvalue weighted by atomic mass is 9.85. The van der Waals surface area contributed by atoms with E-state index in [2.05, 4.69) is 10.3 Å². The van der Waals surface area contributed by atoms with Gasteiger partial charge in [0.15, 0.2) is 0 Å². The SMILES string of the molecule is CCN(Cc1cn(C)nn1)C(=O)C1CC1C1CCCCC1. The van der Waals surface area contributed by atoms with Gasteiger partial charge in [-0.1, -0.05) is 37.3 Å². The minimum absolute atomic E-state index is 0.282. The molecule has 116 valence electrons. The van der Waals surface area contributed by atoms with Crippen molar-refractivity contribution in [1.29, 1.82) is 0 Å². The van der Waals surface area contributed by atoms with Crippen LogP contribution in [-0.2, 0) is 18.4 Å². The highest BCUT2D eigenvalue weighted by Crippen LogP contribution is 2.50. The molecule has 21 heavy (non-hydrogen) atoms. The summed E-state index contributed by atoms with van der Waals surface area (Å²) in [7, 11) is 1.86. The first kappa shape index (κ1) is 14.5. The molecule has 2 atom stereocenters. The van der Waals surface area contributed by atoms with Gasteiger partial charge in [0.05, 0.1) is 6.54 Å². The van der Waals surface area contributed by atoms with Gasteiger partial charge in [-0.15, -0.1) is 5.10 Å². The zero-order chi connectivity index (χ0) is 14.8. The second-order valence-corrected chi connectivity index (χ2v) is 6.64. The lowest BCUT2D eigenvalue weighted by molar-refractivity contribution is -0.133. The van der Waals surface area contributed by atoms with E-state index in [1.165, 1.54) is 32.1 Å². The Morgan fingerprint density at radius 3 is 2.76 bits per heavy atom. The molecule has 1 aromatic rings. The molecular weight excluding hydrogens is 264 g/mol.